The Morgan fingerprint density at radius 2 is 1.92 bits per heavy atom. The van der Waals surface area contributed by atoms with E-state index in [2.05, 4.69) is 32.5 Å². The highest BCUT2D eigenvalue weighted by Gasteiger charge is 2.18. The molecule has 0 amide bonds. The van der Waals surface area contributed by atoms with Gasteiger partial charge in [0.05, 0.1) is 0 Å². The number of rotatable bonds is 4. The molecular formula is C11H22N2. The van der Waals surface area contributed by atoms with Crippen LogP contribution in [0.25, 0.3) is 0 Å². The molecule has 0 N–H and O–H groups in total. The van der Waals surface area contributed by atoms with Crippen molar-refractivity contribution in [2.24, 2.45) is 10.5 Å². The van der Waals surface area contributed by atoms with Crippen LogP contribution in [0.15, 0.2) is 17.8 Å². The predicted molar refractivity (Wildman–Crippen MR) is 60.0 cm³/mol. The lowest BCUT2D eigenvalue weighted by Crippen LogP contribution is -2.23. The summed E-state index contributed by atoms with van der Waals surface area (Å²) in [5.74, 6) is 0. The highest BCUT2D eigenvalue weighted by Crippen LogP contribution is 2.20. The Kier molecular flexibility index (Phi) is 4.74. The number of hydrogen-bond acceptors (Lipinski definition) is 2. The smallest absolute Gasteiger partial charge is 0.0436 e. The van der Waals surface area contributed by atoms with E-state index in [1.807, 2.05) is 25.2 Å². The standard InChI is InChI=1S/C11H22N2/c1-7-8-9-10(11(2,3)4)12-13(5)6/h7H,1,8-9H2,2-6H3. The van der Waals surface area contributed by atoms with E-state index in [1.165, 1.54) is 5.71 Å². The summed E-state index contributed by atoms with van der Waals surface area (Å²) in [7, 11) is 3.92. The maximum Gasteiger partial charge on any atom is 0.0436 e. The van der Waals surface area contributed by atoms with Crippen LogP contribution < -0.4 is 0 Å². The fraction of sp³-hybridized carbons (Fsp3) is 0.727. The van der Waals surface area contributed by atoms with Crippen molar-refractivity contribution in [3.05, 3.63) is 12.7 Å². The number of hydrogen-bond donors (Lipinski definition) is 0. The van der Waals surface area contributed by atoms with Gasteiger partial charge < -0.3 is 5.01 Å². The van der Waals surface area contributed by atoms with Crippen LogP contribution >= 0.6 is 0 Å². The van der Waals surface area contributed by atoms with Gasteiger partial charge in [-0.1, -0.05) is 26.8 Å². The van der Waals surface area contributed by atoms with E-state index in [0.717, 1.165) is 12.8 Å². The first-order valence-corrected chi connectivity index (χ1v) is 4.74. The molecule has 0 aliphatic rings. The van der Waals surface area contributed by atoms with Crippen LogP contribution in [-0.4, -0.2) is 24.8 Å². The van der Waals surface area contributed by atoms with Crippen LogP contribution in [-0.2, 0) is 0 Å². The van der Waals surface area contributed by atoms with Crippen molar-refractivity contribution in [2.45, 2.75) is 33.6 Å². The lowest BCUT2D eigenvalue weighted by atomic mass is 9.87. The fourth-order valence-corrected chi connectivity index (χ4v) is 1.06. The van der Waals surface area contributed by atoms with E-state index in [1.54, 1.807) is 0 Å². The Morgan fingerprint density at radius 3 is 2.23 bits per heavy atom. The number of allylic oxidation sites excluding steroid dienone is 1. The summed E-state index contributed by atoms with van der Waals surface area (Å²) in [6.45, 7) is 10.3. The minimum atomic E-state index is 0.160. The van der Waals surface area contributed by atoms with Crippen molar-refractivity contribution in [1.29, 1.82) is 0 Å². The third kappa shape index (κ3) is 5.45. The van der Waals surface area contributed by atoms with Crippen LogP contribution in [0.2, 0.25) is 0 Å². The second-order valence-electron chi connectivity index (χ2n) is 4.47. The molecule has 2 heteroatoms. The molecule has 0 spiro atoms. The average Bonchev–Trinajstić information content (AvgIpc) is 1.95. The summed E-state index contributed by atoms with van der Waals surface area (Å²) in [6.07, 6.45) is 3.95. The second kappa shape index (κ2) is 5.05. The highest BCUT2D eigenvalue weighted by molar-refractivity contribution is 5.89. The zero-order valence-electron chi connectivity index (χ0n) is 9.59. The van der Waals surface area contributed by atoms with Crippen molar-refractivity contribution >= 4 is 5.71 Å². The molecule has 13 heavy (non-hydrogen) atoms. The van der Waals surface area contributed by atoms with Crippen molar-refractivity contribution < 1.29 is 0 Å². The van der Waals surface area contributed by atoms with Gasteiger partial charge in [0, 0.05) is 25.2 Å². The molecule has 2 nitrogen and oxygen atoms in total. The lowest BCUT2D eigenvalue weighted by Gasteiger charge is -2.22. The zero-order valence-corrected chi connectivity index (χ0v) is 9.59. The van der Waals surface area contributed by atoms with Gasteiger partial charge >= 0.3 is 0 Å². The summed E-state index contributed by atoms with van der Waals surface area (Å²) >= 11 is 0. The summed E-state index contributed by atoms with van der Waals surface area (Å²) in [5, 5.41) is 6.35. The molecule has 76 valence electrons. The van der Waals surface area contributed by atoms with Crippen LogP contribution in [0.1, 0.15) is 33.6 Å². The first-order chi connectivity index (χ1) is 5.88. The largest absolute Gasteiger partial charge is 0.303 e. The van der Waals surface area contributed by atoms with Crippen LogP contribution in [0.4, 0.5) is 0 Å². The lowest BCUT2D eigenvalue weighted by molar-refractivity contribution is 0.421. The normalized spacial score (nSPS) is 12.8. The third-order valence-corrected chi connectivity index (χ3v) is 1.77. The Hall–Kier alpha value is -0.790. The van der Waals surface area contributed by atoms with Crippen molar-refractivity contribution in [3.63, 3.8) is 0 Å². The van der Waals surface area contributed by atoms with Gasteiger partial charge in [-0.2, -0.15) is 5.10 Å². The summed E-state index contributed by atoms with van der Waals surface area (Å²) in [4.78, 5) is 0. The molecule has 0 aromatic heterocycles. The van der Waals surface area contributed by atoms with Gasteiger partial charge in [0.15, 0.2) is 0 Å². The molecule has 0 aliphatic heterocycles. The molecule has 0 rings (SSSR count). The van der Waals surface area contributed by atoms with E-state index in [-0.39, 0.29) is 5.41 Å². The van der Waals surface area contributed by atoms with E-state index < -0.39 is 0 Å². The van der Waals surface area contributed by atoms with Gasteiger partial charge in [-0.05, 0) is 12.8 Å². The van der Waals surface area contributed by atoms with E-state index >= 15 is 0 Å². The molecule has 0 saturated carbocycles. The SMILES string of the molecule is C=CCCC(=NN(C)C)C(C)(C)C. The molecule has 0 unspecified atom stereocenters. The summed E-state index contributed by atoms with van der Waals surface area (Å²) in [6, 6.07) is 0. The maximum atomic E-state index is 4.49. The van der Waals surface area contributed by atoms with Crippen molar-refractivity contribution in [1.82, 2.24) is 5.01 Å². The summed E-state index contributed by atoms with van der Waals surface area (Å²) < 4.78 is 0. The zero-order chi connectivity index (χ0) is 10.5. The molecule has 0 aliphatic carbocycles. The fourth-order valence-electron chi connectivity index (χ4n) is 1.06. The summed E-state index contributed by atoms with van der Waals surface area (Å²) in [5.41, 5.74) is 1.39. The van der Waals surface area contributed by atoms with Gasteiger partial charge in [0.1, 0.15) is 0 Å². The topological polar surface area (TPSA) is 15.6 Å². The quantitative estimate of drug-likeness (QED) is 0.371. The second-order valence-corrected chi connectivity index (χ2v) is 4.47. The van der Waals surface area contributed by atoms with Gasteiger partial charge in [-0.15, -0.1) is 6.58 Å². The number of nitrogens with zero attached hydrogens (tertiary/aromatic N) is 2. The van der Waals surface area contributed by atoms with Gasteiger partial charge in [0.2, 0.25) is 0 Å². The van der Waals surface area contributed by atoms with E-state index in [0.29, 0.717) is 0 Å². The minimum Gasteiger partial charge on any atom is -0.303 e. The minimum absolute atomic E-state index is 0.160. The number of hydrazone groups is 1. The van der Waals surface area contributed by atoms with Crippen molar-refractivity contribution in [3.8, 4) is 0 Å². The molecule has 0 aromatic carbocycles. The molecule has 0 fully saturated rings. The van der Waals surface area contributed by atoms with Crippen LogP contribution in [0.5, 0.6) is 0 Å². The molecule has 0 bridgehead atoms. The Labute approximate surface area is 82.3 Å². The first kappa shape index (κ1) is 12.2. The molecule has 0 radical (unpaired) electrons. The average molecular weight is 182 g/mol. The third-order valence-electron chi connectivity index (χ3n) is 1.77. The predicted octanol–water partition coefficient (Wildman–Crippen LogP) is 2.92. The van der Waals surface area contributed by atoms with Gasteiger partial charge in [-0.3, -0.25) is 0 Å². The van der Waals surface area contributed by atoms with Crippen LogP contribution in [0.3, 0.4) is 0 Å². The molecular weight excluding hydrogens is 160 g/mol. The van der Waals surface area contributed by atoms with E-state index in [4.69, 9.17) is 0 Å². The monoisotopic (exact) mass is 182 g/mol. The molecule has 0 aromatic rings. The first-order valence-electron chi connectivity index (χ1n) is 4.74. The molecule has 0 atom stereocenters. The van der Waals surface area contributed by atoms with Gasteiger partial charge in [0.25, 0.3) is 0 Å². The Balaban J connectivity index is 4.46. The van der Waals surface area contributed by atoms with Gasteiger partial charge in [-0.25, -0.2) is 0 Å². The van der Waals surface area contributed by atoms with E-state index in [9.17, 15) is 0 Å². The molecule has 0 saturated heterocycles. The molecule has 0 heterocycles. The maximum absolute atomic E-state index is 4.49. The Morgan fingerprint density at radius 1 is 1.38 bits per heavy atom. The highest BCUT2D eigenvalue weighted by atomic mass is 15.4. The Bertz CT molecular complexity index is 185. The van der Waals surface area contributed by atoms with Crippen molar-refractivity contribution in [2.75, 3.05) is 14.1 Å². The van der Waals surface area contributed by atoms with Crippen LogP contribution in [0, 0.1) is 5.41 Å².